The highest BCUT2D eigenvalue weighted by atomic mass is 35.5. The molecule has 106 valence electrons. The van der Waals surface area contributed by atoms with Crippen LogP contribution in [0.2, 0.25) is 5.02 Å². The van der Waals surface area contributed by atoms with Crippen LogP contribution in [0.4, 0.5) is 5.82 Å². The fourth-order valence-electron chi connectivity index (χ4n) is 2.20. The third kappa shape index (κ3) is 3.11. The second-order valence-electron chi connectivity index (χ2n) is 4.93. The maximum atomic E-state index is 9.86. The molecule has 1 unspecified atom stereocenters. The lowest BCUT2D eigenvalue weighted by atomic mass is 10.1. The monoisotopic (exact) mass is 290 g/mol. The minimum Gasteiger partial charge on any atom is -0.389 e. The number of hydrogen-bond donors (Lipinski definition) is 1. The summed E-state index contributed by atoms with van der Waals surface area (Å²) in [4.78, 5) is 6.45. The van der Waals surface area contributed by atoms with Crippen LogP contribution in [0.3, 0.4) is 0 Å². The van der Waals surface area contributed by atoms with Crippen LogP contribution in [-0.4, -0.2) is 17.1 Å². The van der Waals surface area contributed by atoms with Gasteiger partial charge in [-0.25, -0.2) is 4.98 Å². The van der Waals surface area contributed by atoms with Gasteiger partial charge in [0.05, 0.1) is 12.1 Å². The summed E-state index contributed by atoms with van der Waals surface area (Å²) >= 11 is 6.05. The van der Waals surface area contributed by atoms with E-state index >= 15 is 0 Å². The Bertz CT molecular complexity index is 586. The molecule has 0 radical (unpaired) electrons. The Kier molecular flexibility index (Phi) is 4.63. The van der Waals surface area contributed by atoms with Crippen LogP contribution in [0.25, 0.3) is 0 Å². The van der Waals surface area contributed by atoms with E-state index in [1.54, 1.807) is 13.1 Å². The molecule has 1 N–H and O–H groups in total. The predicted molar refractivity (Wildman–Crippen MR) is 83.1 cm³/mol. The zero-order valence-corrected chi connectivity index (χ0v) is 12.7. The molecule has 0 saturated heterocycles. The molecule has 0 bridgehead atoms. The Morgan fingerprint density at radius 3 is 2.60 bits per heavy atom. The quantitative estimate of drug-likeness (QED) is 0.925. The van der Waals surface area contributed by atoms with Gasteiger partial charge in [-0.3, -0.25) is 0 Å². The molecular formula is C16H19ClN2O. The van der Waals surface area contributed by atoms with Crippen LogP contribution < -0.4 is 4.90 Å². The van der Waals surface area contributed by atoms with Crippen molar-refractivity contribution in [2.75, 3.05) is 11.9 Å². The summed E-state index contributed by atoms with van der Waals surface area (Å²) in [5.41, 5.74) is 1.94. The van der Waals surface area contributed by atoms with Crippen molar-refractivity contribution in [3.63, 3.8) is 0 Å². The smallest absolute Gasteiger partial charge is 0.134 e. The van der Waals surface area contributed by atoms with Gasteiger partial charge in [0.1, 0.15) is 5.82 Å². The molecule has 2 aromatic rings. The SMILES string of the molecule is CC(c1cccc(Cl)c1)N(C)c1ncccc1[C@@H](C)O. The Balaban J connectivity index is 2.34. The molecule has 0 spiro atoms. The lowest BCUT2D eigenvalue weighted by Crippen LogP contribution is -2.24. The summed E-state index contributed by atoms with van der Waals surface area (Å²) < 4.78 is 0. The number of benzene rings is 1. The van der Waals surface area contributed by atoms with Crippen molar-refractivity contribution >= 4 is 17.4 Å². The predicted octanol–water partition coefficient (Wildman–Crippen LogP) is 3.99. The maximum Gasteiger partial charge on any atom is 0.134 e. The fraction of sp³-hybridized carbons (Fsp3) is 0.312. The number of aliphatic hydroxyl groups excluding tert-OH is 1. The molecule has 0 aliphatic carbocycles. The highest BCUT2D eigenvalue weighted by Gasteiger charge is 2.18. The number of aliphatic hydroxyl groups is 1. The van der Waals surface area contributed by atoms with Crippen LogP contribution in [-0.2, 0) is 0 Å². The minimum absolute atomic E-state index is 0.112. The Morgan fingerprint density at radius 2 is 1.95 bits per heavy atom. The molecule has 0 saturated carbocycles. The topological polar surface area (TPSA) is 36.4 Å². The van der Waals surface area contributed by atoms with Gasteiger partial charge in [0.15, 0.2) is 0 Å². The van der Waals surface area contributed by atoms with E-state index in [0.29, 0.717) is 0 Å². The molecule has 4 heteroatoms. The van der Waals surface area contributed by atoms with E-state index in [0.717, 1.165) is 22.0 Å². The van der Waals surface area contributed by atoms with Crippen molar-refractivity contribution in [1.82, 2.24) is 4.98 Å². The van der Waals surface area contributed by atoms with E-state index in [9.17, 15) is 5.11 Å². The van der Waals surface area contributed by atoms with Crippen molar-refractivity contribution in [3.05, 3.63) is 58.7 Å². The average molecular weight is 291 g/mol. The van der Waals surface area contributed by atoms with Crippen LogP contribution in [0.5, 0.6) is 0 Å². The fourth-order valence-corrected chi connectivity index (χ4v) is 2.40. The maximum absolute atomic E-state index is 9.86. The van der Waals surface area contributed by atoms with Gasteiger partial charge in [-0.2, -0.15) is 0 Å². The first-order valence-corrected chi connectivity index (χ1v) is 6.99. The largest absolute Gasteiger partial charge is 0.389 e. The normalized spacial score (nSPS) is 13.8. The van der Waals surface area contributed by atoms with Gasteiger partial charge in [0, 0.05) is 23.8 Å². The number of nitrogens with zero attached hydrogens (tertiary/aromatic N) is 2. The Hall–Kier alpha value is -1.58. The highest BCUT2D eigenvalue weighted by Crippen LogP contribution is 2.30. The Morgan fingerprint density at radius 1 is 1.20 bits per heavy atom. The highest BCUT2D eigenvalue weighted by molar-refractivity contribution is 6.30. The van der Waals surface area contributed by atoms with Gasteiger partial charge in [0.2, 0.25) is 0 Å². The van der Waals surface area contributed by atoms with Crippen LogP contribution in [0, 0.1) is 0 Å². The standard InChI is InChI=1S/C16H19ClN2O/c1-11(13-6-4-7-14(17)10-13)19(3)16-15(12(2)20)8-5-9-18-16/h4-12,20H,1-3H3/t11?,12-/m1/s1. The second kappa shape index (κ2) is 6.25. The van der Waals surface area contributed by atoms with E-state index in [1.165, 1.54) is 0 Å². The first kappa shape index (κ1) is 14.8. The van der Waals surface area contributed by atoms with Gasteiger partial charge in [-0.05, 0) is 37.6 Å². The second-order valence-corrected chi connectivity index (χ2v) is 5.37. The molecule has 3 nitrogen and oxygen atoms in total. The lowest BCUT2D eigenvalue weighted by Gasteiger charge is -2.28. The molecule has 0 aliphatic rings. The summed E-state index contributed by atoms with van der Waals surface area (Å²) in [6.07, 6.45) is 1.19. The number of aromatic nitrogens is 1. The molecule has 2 atom stereocenters. The molecule has 1 heterocycles. The van der Waals surface area contributed by atoms with E-state index in [4.69, 9.17) is 11.6 Å². The van der Waals surface area contributed by atoms with Crippen molar-refractivity contribution < 1.29 is 5.11 Å². The van der Waals surface area contributed by atoms with E-state index in [-0.39, 0.29) is 6.04 Å². The minimum atomic E-state index is -0.548. The molecule has 20 heavy (non-hydrogen) atoms. The van der Waals surface area contributed by atoms with Gasteiger partial charge in [-0.15, -0.1) is 0 Å². The van der Waals surface area contributed by atoms with E-state index < -0.39 is 6.10 Å². The molecule has 2 rings (SSSR count). The third-order valence-corrected chi connectivity index (χ3v) is 3.75. The van der Waals surface area contributed by atoms with Gasteiger partial charge < -0.3 is 10.0 Å². The average Bonchev–Trinajstić information content (AvgIpc) is 2.45. The summed E-state index contributed by atoms with van der Waals surface area (Å²) in [5, 5.41) is 10.6. The van der Waals surface area contributed by atoms with E-state index in [1.807, 2.05) is 48.3 Å². The number of rotatable bonds is 4. The van der Waals surface area contributed by atoms with Gasteiger partial charge >= 0.3 is 0 Å². The van der Waals surface area contributed by atoms with Gasteiger partial charge in [-0.1, -0.05) is 29.8 Å². The number of halogens is 1. The molecule has 0 amide bonds. The van der Waals surface area contributed by atoms with Crippen LogP contribution >= 0.6 is 11.6 Å². The molecular weight excluding hydrogens is 272 g/mol. The summed E-state index contributed by atoms with van der Waals surface area (Å²) in [7, 11) is 1.97. The molecule has 0 aliphatic heterocycles. The number of pyridine rings is 1. The van der Waals surface area contributed by atoms with Gasteiger partial charge in [0.25, 0.3) is 0 Å². The number of hydrogen-bond acceptors (Lipinski definition) is 3. The van der Waals surface area contributed by atoms with Crippen LogP contribution in [0.15, 0.2) is 42.6 Å². The van der Waals surface area contributed by atoms with Crippen LogP contribution in [0.1, 0.15) is 37.1 Å². The summed E-state index contributed by atoms with van der Waals surface area (Å²) in [6, 6.07) is 11.6. The first-order chi connectivity index (χ1) is 9.50. The number of anilines is 1. The molecule has 0 fully saturated rings. The van der Waals surface area contributed by atoms with Crippen molar-refractivity contribution in [1.29, 1.82) is 0 Å². The summed E-state index contributed by atoms with van der Waals surface area (Å²) in [6.45, 7) is 3.84. The zero-order valence-electron chi connectivity index (χ0n) is 11.9. The molecule has 1 aromatic carbocycles. The Labute approximate surface area is 124 Å². The zero-order chi connectivity index (χ0) is 14.7. The first-order valence-electron chi connectivity index (χ1n) is 6.62. The van der Waals surface area contributed by atoms with Crippen molar-refractivity contribution in [2.45, 2.75) is 26.0 Å². The lowest BCUT2D eigenvalue weighted by molar-refractivity contribution is 0.199. The third-order valence-electron chi connectivity index (χ3n) is 3.51. The van der Waals surface area contributed by atoms with Crippen molar-refractivity contribution in [2.24, 2.45) is 0 Å². The van der Waals surface area contributed by atoms with Crippen molar-refractivity contribution in [3.8, 4) is 0 Å². The van der Waals surface area contributed by atoms with E-state index in [2.05, 4.69) is 11.9 Å². The summed E-state index contributed by atoms with van der Waals surface area (Å²) in [5.74, 6) is 0.787. The molecule has 1 aromatic heterocycles.